The fourth-order valence-electron chi connectivity index (χ4n) is 5.05. The summed E-state index contributed by atoms with van der Waals surface area (Å²) >= 11 is 0. The zero-order chi connectivity index (χ0) is 15.6. The maximum Gasteiger partial charge on any atom is 0.0944 e. The molecule has 1 heteroatoms. The van der Waals surface area contributed by atoms with E-state index < -0.39 is 0 Å². The van der Waals surface area contributed by atoms with E-state index in [4.69, 9.17) is 4.74 Å². The maximum absolute atomic E-state index is 6.79. The average molecular weight is 286 g/mol. The van der Waals surface area contributed by atoms with Crippen LogP contribution in [0.1, 0.15) is 80.7 Å². The van der Waals surface area contributed by atoms with Gasteiger partial charge in [-0.1, -0.05) is 19.9 Å². The van der Waals surface area contributed by atoms with E-state index >= 15 is 0 Å². The Kier molecular flexibility index (Phi) is 3.30. The van der Waals surface area contributed by atoms with Gasteiger partial charge in [-0.2, -0.15) is 0 Å². The summed E-state index contributed by atoms with van der Waals surface area (Å²) in [5.74, 6) is 1.08. The van der Waals surface area contributed by atoms with Crippen LogP contribution in [0.25, 0.3) is 0 Å². The van der Waals surface area contributed by atoms with Crippen LogP contribution in [-0.2, 0) is 10.3 Å². The van der Waals surface area contributed by atoms with Gasteiger partial charge in [-0.05, 0) is 87.6 Å². The number of hydrogen-bond donors (Lipinski definition) is 0. The summed E-state index contributed by atoms with van der Waals surface area (Å²) < 4.78 is 6.79. The standard InChI is InChI=1S/C20H30O/c1-12(2)17-16-14(4)11-13(3)15(5)18(16)20(9-8-10-20)21-19(17,6)7/h11-12,17H,8-10H2,1-7H3. The van der Waals surface area contributed by atoms with Crippen molar-refractivity contribution in [2.45, 2.75) is 84.8 Å². The summed E-state index contributed by atoms with van der Waals surface area (Å²) in [6, 6.07) is 2.39. The molecule has 1 aliphatic heterocycles. The van der Waals surface area contributed by atoms with Gasteiger partial charge in [0, 0.05) is 5.92 Å². The molecule has 0 saturated heterocycles. The Morgan fingerprint density at radius 2 is 1.71 bits per heavy atom. The lowest BCUT2D eigenvalue weighted by Crippen LogP contribution is -2.53. The monoisotopic (exact) mass is 286 g/mol. The third kappa shape index (κ3) is 2.00. The van der Waals surface area contributed by atoms with Gasteiger partial charge in [0.2, 0.25) is 0 Å². The first-order valence-electron chi connectivity index (χ1n) is 8.51. The number of aryl methyl sites for hydroxylation is 2. The van der Waals surface area contributed by atoms with Gasteiger partial charge in [-0.15, -0.1) is 0 Å². The van der Waals surface area contributed by atoms with Crippen LogP contribution in [0.5, 0.6) is 0 Å². The number of benzene rings is 1. The Morgan fingerprint density at radius 3 is 2.19 bits per heavy atom. The highest BCUT2D eigenvalue weighted by atomic mass is 16.5. The maximum atomic E-state index is 6.79. The van der Waals surface area contributed by atoms with Crippen LogP contribution in [0.3, 0.4) is 0 Å². The number of hydrogen-bond acceptors (Lipinski definition) is 1. The molecule has 21 heavy (non-hydrogen) atoms. The molecule has 1 aromatic rings. The Bertz CT molecular complexity index is 576. The van der Waals surface area contributed by atoms with E-state index in [9.17, 15) is 0 Å². The second-order valence-corrected chi connectivity index (χ2v) is 8.20. The first kappa shape index (κ1) is 15.1. The second-order valence-electron chi connectivity index (χ2n) is 8.20. The van der Waals surface area contributed by atoms with Gasteiger partial charge < -0.3 is 4.74 Å². The van der Waals surface area contributed by atoms with E-state index in [-0.39, 0.29) is 11.2 Å². The molecule has 1 aromatic carbocycles. The molecule has 1 saturated carbocycles. The minimum Gasteiger partial charge on any atom is -0.364 e. The van der Waals surface area contributed by atoms with Gasteiger partial charge in [0.05, 0.1) is 11.2 Å². The molecule has 0 bridgehead atoms. The summed E-state index contributed by atoms with van der Waals surface area (Å²) in [6.45, 7) is 16.1. The van der Waals surface area contributed by atoms with Gasteiger partial charge in [0.1, 0.15) is 0 Å². The highest BCUT2D eigenvalue weighted by Gasteiger charge is 2.54. The van der Waals surface area contributed by atoms with Crippen molar-refractivity contribution in [3.8, 4) is 0 Å². The Labute approximate surface area is 130 Å². The smallest absolute Gasteiger partial charge is 0.0944 e. The van der Waals surface area contributed by atoms with Gasteiger partial charge in [-0.3, -0.25) is 0 Å². The van der Waals surface area contributed by atoms with Gasteiger partial charge in [-0.25, -0.2) is 0 Å². The topological polar surface area (TPSA) is 9.23 Å². The van der Waals surface area contributed by atoms with E-state index in [1.165, 1.54) is 36.0 Å². The molecule has 0 radical (unpaired) electrons. The van der Waals surface area contributed by atoms with Crippen molar-refractivity contribution in [2.75, 3.05) is 0 Å². The fraction of sp³-hybridized carbons (Fsp3) is 0.700. The second kappa shape index (κ2) is 4.59. The molecule has 0 aromatic heterocycles. The lowest BCUT2D eigenvalue weighted by Gasteiger charge is -2.57. The lowest BCUT2D eigenvalue weighted by molar-refractivity contribution is -0.210. The Hall–Kier alpha value is -0.820. The molecular formula is C20H30O. The predicted octanol–water partition coefficient (Wildman–Crippen LogP) is 5.54. The number of fused-ring (bicyclic) bond motifs is 2. The van der Waals surface area contributed by atoms with E-state index in [0.29, 0.717) is 11.8 Å². The largest absolute Gasteiger partial charge is 0.364 e. The van der Waals surface area contributed by atoms with E-state index in [1.807, 2.05) is 0 Å². The minimum absolute atomic E-state index is 0.00505. The first-order valence-corrected chi connectivity index (χ1v) is 8.51. The predicted molar refractivity (Wildman–Crippen MR) is 88.9 cm³/mol. The summed E-state index contributed by atoms with van der Waals surface area (Å²) in [5.41, 5.74) is 7.43. The SMILES string of the molecule is Cc1cc(C)c2c(c1C)C1(CCC1)OC(C)(C)C2C(C)C. The summed E-state index contributed by atoms with van der Waals surface area (Å²) in [5, 5.41) is 0. The molecule has 1 atom stereocenters. The molecule has 3 rings (SSSR count). The number of ether oxygens (including phenoxy) is 1. The average Bonchev–Trinajstić information content (AvgIpc) is 2.31. The van der Waals surface area contributed by atoms with Gasteiger partial charge in [0.15, 0.2) is 0 Å². The minimum atomic E-state index is -0.0754. The van der Waals surface area contributed by atoms with E-state index in [1.54, 1.807) is 11.1 Å². The molecule has 1 unspecified atom stereocenters. The van der Waals surface area contributed by atoms with E-state index in [0.717, 1.165) is 0 Å². The molecule has 1 nitrogen and oxygen atoms in total. The molecule has 1 heterocycles. The van der Waals surface area contributed by atoms with Crippen LogP contribution in [0.4, 0.5) is 0 Å². The zero-order valence-corrected chi connectivity index (χ0v) is 14.8. The summed E-state index contributed by atoms with van der Waals surface area (Å²) in [4.78, 5) is 0. The van der Waals surface area contributed by atoms with Crippen LogP contribution in [-0.4, -0.2) is 5.60 Å². The van der Waals surface area contributed by atoms with Crippen molar-refractivity contribution in [3.63, 3.8) is 0 Å². The molecular weight excluding hydrogens is 256 g/mol. The number of rotatable bonds is 1. The quantitative estimate of drug-likeness (QED) is 0.658. The van der Waals surface area contributed by atoms with Crippen LogP contribution < -0.4 is 0 Å². The summed E-state index contributed by atoms with van der Waals surface area (Å²) in [7, 11) is 0. The van der Waals surface area contributed by atoms with Crippen LogP contribution in [0.2, 0.25) is 0 Å². The summed E-state index contributed by atoms with van der Waals surface area (Å²) in [6.07, 6.45) is 3.68. The van der Waals surface area contributed by atoms with Crippen molar-refractivity contribution in [3.05, 3.63) is 33.9 Å². The molecule has 0 N–H and O–H groups in total. The zero-order valence-electron chi connectivity index (χ0n) is 14.8. The van der Waals surface area contributed by atoms with Crippen LogP contribution in [0.15, 0.2) is 6.07 Å². The highest BCUT2D eigenvalue weighted by Crippen LogP contribution is 2.59. The van der Waals surface area contributed by atoms with Crippen molar-refractivity contribution >= 4 is 0 Å². The lowest BCUT2D eigenvalue weighted by atomic mass is 9.61. The molecule has 0 amide bonds. The molecule has 2 aliphatic rings. The van der Waals surface area contributed by atoms with Crippen LogP contribution in [0, 0.1) is 26.7 Å². The third-order valence-electron chi connectivity index (χ3n) is 5.90. The van der Waals surface area contributed by atoms with E-state index in [2.05, 4.69) is 54.5 Å². The molecule has 116 valence electrons. The van der Waals surface area contributed by atoms with Gasteiger partial charge in [0.25, 0.3) is 0 Å². The fourth-order valence-corrected chi connectivity index (χ4v) is 5.05. The molecule has 1 fully saturated rings. The van der Waals surface area contributed by atoms with Crippen molar-refractivity contribution in [1.29, 1.82) is 0 Å². The molecule has 1 aliphatic carbocycles. The van der Waals surface area contributed by atoms with Crippen molar-refractivity contribution in [1.82, 2.24) is 0 Å². The Balaban J connectivity index is 2.33. The van der Waals surface area contributed by atoms with Crippen molar-refractivity contribution in [2.24, 2.45) is 5.92 Å². The van der Waals surface area contributed by atoms with Crippen molar-refractivity contribution < 1.29 is 4.74 Å². The Morgan fingerprint density at radius 1 is 1.10 bits per heavy atom. The highest BCUT2D eigenvalue weighted by molar-refractivity contribution is 5.52. The normalized spacial score (nSPS) is 25.8. The first-order chi connectivity index (χ1) is 9.69. The van der Waals surface area contributed by atoms with Crippen LogP contribution >= 0.6 is 0 Å². The van der Waals surface area contributed by atoms with Gasteiger partial charge >= 0.3 is 0 Å². The third-order valence-corrected chi connectivity index (χ3v) is 5.90. The molecule has 1 spiro atoms.